The van der Waals surface area contributed by atoms with Gasteiger partial charge in [-0.15, -0.1) is 0 Å². The number of phenolic OH excluding ortho intramolecular Hbond substituents is 1. The molecule has 0 unspecified atom stereocenters. The largest absolute Gasteiger partial charge is 0.508 e. The molecule has 0 bridgehead atoms. The van der Waals surface area contributed by atoms with Crippen molar-refractivity contribution in [2.75, 3.05) is 0 Å². The predicted octanol–water partition coefficient (Wildman–Crippen LogP) is 0.626. The average molecular weight is 182 g/mol. The highest BCUT2D eigenvalue weighted by atomic mass is 16.5. The van der Waals surface area contributed by atoms with Gasteiger partial charge in [-0.25, -0.2) is 4.79 Å². The molecular weight excluding hydrogens is 176 g/mol. The number of benzene rings is 1. The van der Waals surface area contributed by atoms with Crippen LogP contribution >= 0.6 is 0 Å². The van der Waals surface area contributed by atoms with Gasteiger partial charge in [-0.1, -0.05) is 0 Å². The van der Waals surface area contributed by atoms with E-state index >= 15 is 0 Å². The van der Waals surface area contributed by atoms with Crippen LogP contribution in [-0.4, -0.2) is 22.7 Å². The van der Waals surface area contributed by atoms with E-state index < -0.39 is 5.97 Å². The Balaban J connectivity index is 3.17. The monoisotopic (exact) mass is 182 g/mol. The number of carbonyl (C=O) groups is 2. The van der Waals surface area contributed by atoms with Crippen LogP contribution in [0.2, 0.25) is 0 Å². The molecule has 0 atom stereocenters. The van der Waals surface area contributed by atoms with Crippen molar-refractivity contribution in [2.24, 2.45) is 0 Å². The summed E-state index contributed by atoms with van der Waals surface area (Å²) in [4.78, 5) is 20.5. The van der Waals surface area contributed by atoms with Crippen LogP contribution in [0.5, 0.6) is 11.5 Å². The molecule has 0 fully saturated rings. The van der Waals surface area contributed by atoms with Crippen LogP contribution < -0.4 is 4.74 Å². The first-order valence-corrected chi connectivity index (χ1v) is 3.31. The summed E-state index contributed by atoms with van der Waals surface area (Å²) in [7, 11) is 0. The molecule has 68 valence electrons. The van der Waals surface area contributed by atoms with E-state index in [4.69, 9.17) is 10.2 Å². The summed E-state index contributed by atoms with van der Waals surface area (Å²) in [6.45, 7) is 0.124. The number of phenols is 1. The van der Waals surface area contributed by atoms with Gasteiger partial charge < -0.3 is 14.9 Å². The Morgan fingerprint density at radius 1 is 1.46 bits per heavy atom. The van der Waals surface area contributed by atoms with E-state index in [-0.39, 0.29) is 23.5 Å². The van der Waals surface area contributed by atoms with Gasteiger partial charge in [0.1, 0.15) is 17.1 Å². The third-order valence-corrected chi connectivity index (χ3v) is 1.37. The molecule has 5 heteroatoms. The number of hydrogen-bond acceptors (Lipinski definition) is 4. The lowest BCUT2D eigenvalue weighted by atomic mass is 10.2. The van der Waals surface area contributed by atoms with Crippen LogP contribution in [0.1, 0.15) is 10.4 Å². The fourth-order valence-corrected chi connectivity index (χ4v) is 0.840. The Hall–Kier alpha value is -2.04. The van der Waals surface area contributed by atoms with Crippen molar-refractivity contribution in [3.8, 4) is 11.5 Å². The number of aromatic hydroxyl groups is 1. The number of carboxylic acid groups (broad SMARTS) is 1. The maximum Gasteiger partial charge on any atom is 0.339 e. The van der Waals surface area contributed by atoms with Crippen molar-refractivity contribution >= 4 is 12.4 Å². The summed E-state index contributed by atoms with van der Waals surface area (Å²) in [5.41, 5.74) is -0.257. The minimum atomic E-state index is -1.27. The third kappa shape index (κ3) is 1.96. The van der Waals surface area contributed by atoms with E-state index in [9.17, 15) is 9.59 Å². The Morgan fingerprint density at radius 3 is 2.69 bits per heavy atom. The fraction of sp³-hybridized carbons (Fsp3) is 0. The van der Waals surface area contributed by atoms with Gasteiger partial charge >= 0.3 is 5.97 Å². The van der Waals surface area contributed by atoms with Crippen LogP contribution in [0.3, 0.4) is 0 Å². The highest BCUT2D eigenvalue weighted by molar-refractivity contribution is 5.91. The first-order valence-electron chi connectivity index (χ1n) is 3.31. The van der Waals surface area contributed by atoms with Crippen LogP contribution in [0.25, 0.3) is 0 Å². The van der Waals surface area contributed by atoms with Crippen molar-refractivity contribution in [3.63, 3.8) is 0 Å². The minimum absolute atomic E-state index is 0.0969. The standard InChI is InChI=1S/C8H6O5/c9-4-13-7-2-1-5(10)3-6(7)8(11)12/h1-4,10H,(H,11,12). The summed E-state index contributed by atoms with van der Waals surface area (Å²) in [5, 5.41) is 17.6. The number of hydrogen-bond donors (Lipinski definition) is 2. The van der Waals surface area contributed by atoms with Crippen LogP contribution in [-0.2, 0) is 4.79 Å². The van der Waals surface area contributed by atoms with Crippen molar-refractivity contribution in [2.45, 2.75) is 0 Å². The van der Waals surface area contributed by atoms with Gasteiger partial charge in [0.2, 0.25) is 0 Å². The fourth-order valence-electron chi connectivity index (χ4n) is 0.840. The molecule has 5 nitrogen and oxygen atoms in total. The summed E-state index contributed by atoms with van der Waals surface area (Å²) < 4.78 is 4.38. The molecule has 1 aromatic rings. The second kappa shape index (κ2) is 3.57. The van der Waals surface area contributed by atoms with Crippen LogP contribution in [0.15, 0.2) is 18.2 Å². The van der Waals surface area contributed by atoms with Crippen LogP contribution in [0, 0.1) is 0 Å². The molecule has 0 aliphatic heterocycles. The normalized spacial score (nSPS) is 9.23. The van der Waals surface area contributed by atoms with E-state index in [1.165, 1.54) is 12.1 Å². The number of carboxylic acids is 1. The minimum Gasteiger partial charge on any atom is -0.508 e. The molecular formula is C8H6O5. The van der Waals surface area contributed by atoms with Gasteiger partial charge in [0, 0.05) is 0 Å². The molecule has 0 aromatic heterocycles. The molecule has 0 aliphatic rings. The number of carbonyl (C=O) groups excluding carboxylic acids is 1. The number of ether oxygens (including phenoxy) is 1. The SMILES string of the molecule is O=COc1ccc(O)cc1C(=O)O. The lowest BCUT2D eigenvalue weighted by Gasteiger charge is -2.02. The van der Waals surface area contributed by atoms with Crippen molar-refractivity contribution in [3.05, 3.63) is 23.8 Å². The van der Waals surface area contributed by atoms with Gasteiger partial charge in [-0.05, 0) is 18.2 Å². The molecule has 0 saturated heterocycles. The zero-order chi connectivity index (χ0) is 9.84. The van der Waals surface area contributed by atoms with Crippen molar-refractivity contribution in [1.29, 1.82) is 0 Å². The van der Waals surface area contributed by atoms with E-state index in [0.717, 1.165) is 6.07 Å². The summed E-state index contributed by atoms with van der Waals surface area (Å²) in [5.74, 6) is -1.57. The summed E-state index contributed by atoms with van der Waals surface area (Å²) in [6.07, 6.45) is 0. The Labute approximate surface area is 73.2 Å². The number of rotatable bonds is 3. The molecule has 0 amide bonds. The second-order valence-electron chi connectivity index (χ2n) is 2.20. The van der Waals surface area contributed by atoms with Gasteiger partial charge in [0.05, 0.1) is 0 Å². The average Bonchev–Trinajstić information content (AvgIpc) is 2.08. The molecule has 1 aromatic carbocycles. The van der Waals surface area contributed by atoms with Gasteiger partial charge in [0.15, 0.2) is 0 Å². The first kappa shape index (κ1) is 9.05. The second-order valence-corrected chi connectivity index (χ2v) is 2.20. The van der Waals surface area contributed by atoms with Gasteiger partial charge in [-0.2, -0.15) is 0 Å². The van der Waals surface area contributed by atoms with E-state index in [2.05, 4.69) is 4.74 Å². The van der Waals surface area contributed by atoms with Gasteiger partial charge in [-0.3, -0.25) is 4.79 Å². The van der Waals surface area contributed by atoms with E-state index in [1.807, 2.05) is 0 Å². The summed E-state index contributed by atoms with van der Waals surface area (Å²) >= 11 is 0. The number of aromatic carboxylic acids is 1. The Kier molecular flexibility index (Phi) is 2.49. The van der Waals surface area contributed by atoms with Crippen molar-refractivity contribution < 1.29 is 24.5 Å². The van der Waals surface area contributed by atoms with Gasteiger partial charge in [0.25, 0.3) is 6.47 Å². The predicted molar refractivity (Wildman–Crippen MR) is 41.8 cm³/mol. The molecule has 2 N–H and O–H groups in total. The highest BCUT2D eigenvalue weighted by Crippen LogP contribution is 2.22. The topological polar surface area (TPSA) is 83.8 Å². The highest BCUT2D eigenvalue weighted by Gasteiger charge is 2.11. The first-order chi connectivity index (χ1) is 6.15. The molecule has 0 spiro atoms. The lowest BCUT2D eigenvalue weighted by Crippen LogP contribution is -2.01. The third-order valence-electron chi connectivity index (χ3n) is 1.37. The van der Waals surface area contributed by atoms with Crippen LogP contribution in [0.4, 0.5) is 0 Å². The Morgan fingerprint density at radius 2 is 2.15 bits per heavy atom. The van der Waals surface area contributed by atoms with Crippen molar-refractivity contribution in [1.82, 2.24) is 0 Å². The quantitative estimate of drug-likeness (QED) is 0.669. The van der Waals surface area contributed by atoms with E-state index in [0.29, 0.717) is 0 Å². The molecule has 0 aliphatic carbocycles. The molecule has 0 heterocycles. The molecule has 0 radical (unpaired) electrons. The maximum absolute atomic E-state index is 10.5. The smallest absolute Gasteiger partial charge is 0.339 e. The molecule has 1 rings (SSSR count). The maximum atomic E-state index is 10.5. The zero-order valence-corrected chi connectivity index (χ0v) is 6.43. The van der Waals surface area contributed by atoms with E-state index in [1.54, 1.807) is 0 Å². The molecule has 13 heavy (non-hydrogen) atoms. The lowest BCUT2D eigenvalue weighted by molar-refractivity contribution is -0.120. The Bertz CT molecular complexity index is 344. The summed E-state index contributed by atoms with van der Waals surface area (Å²) in [6, 6.07) is 3.43. The molecule has 0 saturated carbocycles. The zero-order valence-electron chi connectivity index (χ0n) is 6.43.